The van der Waals surface area contributed by atoms with E-state index < -0.39 is 25.8 Å². The van der Waals surface area contributed by atoms with Crippen LogP contribution in [-0.2, 0) is 19.9 Å². The third-order valence-electron chi connectivity index (χ3n) is 2.76. The zero-order valence-corrected chi connectivity index (χ0v) is 14.6. The maximum absolute atomic E-state index is 12.0. The van der Waals surface area contributed by atoms with Gasteiger partial charge < -0.3 is 5.32 Å². The van der Waals surface area contributed by atoms with Crippen molar-refractivity contribution in [1.29, 1.82) is 0 Å². The lowest BCUT2D eigenvalue weighted by atomic mass is 10.1. The molecule has 1 atom stereocenters. The summed E-state index contributed by atoms with van der Waals surface area (Å²) in [4.78, 5) is 11.8. The lowest BCUT2D eigenvalue weighted by Gasteiger charge is -2.09. The van der Waals surface area contributed by atoms with Crippen LogP contribution in [0.15, 0.2) is 17.0 Å². The van der Waals surface area contributed by atoms with E-state index in [-0.39, 0.29) is 27.6 Å². The number of carbonyl (C=O) groups is 1. The molecule has 21 heavy (non-hydrogen) atoms. The van der Waals surface area contributed by atoms with E-state index in [4.69, 9.17) is 22.3 Å². The van der Waals surface area contributed by atoms with Crippen LogP contribution in [0.5, 0.6) is 0 Å². The van der Waals surface area contributed by atoms with Crippen molar-refractivity contribution in [2.24, 2.45) is 0 Å². The number of carbonyl (C=O) groups excluding carboxylic acids is 1. The number of nitrogens with one attached hydrogen (secondary N) is 1. The van der Waals surface area contributed by atoms with Crippen molar-refractivity contribution in [3.63, 3.8) is 0 Å². The summed E-state index contributed by atoms with van der Waals surface area (Å²) >= 11 is 5.92. The molecule has 118 valence electrons. The van der Waals surface area contributed by atoms with Crippen molar-refractivity contribution in [2.45, 2.75) is 18.7 Å². The van der Waals surface area contributed by atoms with Gasteiger partial charge in [-0.25, -0.2) is 8.42 Å². The monoisotopic (exact) mass is 371 g/mol. The molecule has 0 heterocycles. The lowest BCUT2D eigenvalue weighted by Crippen LogP contribution is -2.28. The van der Waals surface area contributed by atoms with Gasteiger partial charge in [-0.1, -0.05) is 18.5 Å². The summed E-state index contributed by atoms with van der Waals surface area (Å²) in [6, 6.07) is 2.55. The minimum absolute atomic E-state index is 0.0899. The highest BCUT2D eigenvalue weighted by Gasteiger charge is 2.19. The number of hydrogen-bond acceptors (Lipinski definition) is 4. The van der Waals surface area contributed by atoms with Crippen LogP contribution in [0.25, 0.3) is 0 Å². The van der Waals surface area contributed by atoms with Crippen LogP contribution in [0.2, 0.25) is 5.02 Å². The Hall–Kier alpha value is -0.630. The Bertz CT molecular complexity index is 674. The fraction of sp³-hybridized carbons (Fsp3) is 0.417. The maximum atomic E-state index is 12.0. The minimum atomic E-state index is -3.99. The predicted octanol–water partition coefficient (Wildman–Crippen LogP) is 2.07. The van der Waals surface area contributed by atoms with Gasteiger partial charge in [-0.3, -0.25) is 9.00 Å². The third-order valence-corrected chi connectivity index (χ3v) is 5.90. The largest absolute Gasteiger partial charge is 0.351 e. The van der Waals surface area contributed by atoms with E-state index in [1.165, 1.54) is 19.1 Å². The van der Waals surface area contributed by atoms with Gasteiger partial charge in [0.25, 0.3) is 15.0 Å². The van der Waals surface area contributed by atoms with Gasteiger partial charge in [-0.2, -0.15) is 0 Å². The molecule has 1 rings (SSSR count). The molecule has 0 bridgehead atoms. The van der Waals surface area contributed by atoms with Crippen molar-refractivity contribution in [1.82, 2.24) is 5.32 Å². The van der Waals surface area contributed by atoms with E-state index in [9.17, 15) is 17.4 Å². The number of hydrogen-bond donors (Lipinski definition) is 1. The topological polar surface area (TPSA) is 80.3 Å². The van der Waals surface area contributed by atoms with Crippen LogP contribution in [-0.4, -0.2) is 36.6 Å². The summed E-state index contributed by atoms with van der Waals surface area (Å²) in [5.74, 6) is 0.357. The van der Waals surface area contributed by atoms with E-state index in [1.54, 1.807) is 6.92 Å². The maximum Gasteiger partial charge on any atom is 0.261 e. The minimum Gasteiger partial charge on any atom is -0.351 e. The van der Waals surface area contributed by atoms with E-state index in [2.05, 4.69) is 5.32 Å². The highest BCUT2D eigenvalue weighted by atomic mass is 35.7. The molecule has 1 unspecified atom stereocenters. The average molecular weight is 372 g/mol. The van der Waals surface area contributed by atoms with Crippen LogP contribution in [0.4, 0.5) is 0 Å². The van der Waals surface area contributed by atoms with E-state index in [1.807, 2.05) is 0 Å². The van der Waals surface area contributed by atoms with Crippen LogP contribution in [0, 0.1) is 6.92 Å². The van der Waals surface area contributed by atoms with Crippen LogP contribution < -0.4 is 5.32 Å². The molecule has 1 aromatic rings. The smallest absolute Gasteiger partial charge is 0.261 e. The van der Waals surface area contributed by atoms with Gasteiger partial charge in [-0.05, 0) is 24.6 Å². The Balaban J connectivity index is 2.96. The number of halogens is 2. The Labute approximate surface area is 135 Å². The molecule has 0 spiro atoms. The van der Waals surface area contributed by atoms with Gasteiger partial charge in [0, 0.05) is 50.1 Å². The molecule has 0 radical (unpaired) electrons. The normalized spacial score (nSPS) is 13.0. The van der Waals surface area contributed by atoms with Crippen molar-refractivity contribution in [3.8, 4) is 0 Å². The van der Waals surface area contributed by atoms with Crippen LogP contribution in [0.3, 0.4) is 0 Å². The number of amides is 1. The fourth-order valence-electron chi connectivity index (χ4n) is 1.56. The Kier molecular flexibility index (Phi) is 6.65. The highest BCUT2D eigenvalue weighted by Crippen LogP contribution is 2.27. The molecule has 5 nitrogen and oxygen atoms in total. The second kappa shape index (κ2) is 7.58. The molecule has 9 heteroatoms. The lowest BCUT2D eigenvalue weighted by molar-refractivity contribution is 0.0956. The summed E-state index contributed by atoms with van der Waals surface area (Å²) in [6.45, 7) is 3.52. The van der Waals surface area contributed by atoms with Gasteiger partial charge in [0.05, 0.1) is 4.90 Å². The Morgan fingerprint density at radius 3 is 2.52 bits per heavy atom. The summed E-state index contributed by atoms with van der Waals surface area (Å²) < 4.78 is 34.2. The van der Waals surface area contributed by atoms with Gasteiger partial charge in [0.15, 0.2) is 0 Å². The molecule has 0 aliphatic rings. The average Bonchev–Trinajstić information content (AvgIpc) is 2.39. The summed E-state index contributed by atoms with van der Waals surface area (Å²) in [7, 11) is 0.344. The predicted molar refractivity (Wildman–Crippen MR) is 85.1 cm³/mol. The molecule has 0 aromatic heterocycles. The van der Waals surface area contributed by atoms with Crippen molar-refractivity contribution in [2.75, 3.05) is 18.1 Å². The van der Waals surface area contributed by atoms with Crippen LogP contribution in [0.1, 0.15) is 22.8 Å². The molecular weight excluding hydrogens is 357 g/mol. The first kappa shape index (κ1) is 18.4. The summed E-state index contributed by atoms with van der Waals surface area (Å²) in [5, 5.41) is 2.70. The molecule has 0 saturated heterocycles. The molecule has 1 amide bonds. The molecular formula is C12H15Cl2NO4S2. The summed E-state index contributed by atoms with van der Waals surface area (Å²) in [5.41, 5.74) is 0.377. The second-order valence-electron chi connectivity index (χ2n) is 4.21. The summed E-state index contributed by atoms with van der Waals surface area (Å²) in [6.07, 6.45) is 0. The molecule has 0 fully saturated rings. The van der Waals surface area contributed by atoms with E-state index in [0.29, 0.717) is 11.5 Å². The van der Waals surface area contributed by atoms with Gasteiger partial charge in [-0.15, -0.1) is 0 Å². The van der Waals surface area contributed by atoms with Gasteiger partial charge in [0.1, 0.15) is 0 Å². The quantitative estimate of drug-likeness (QED) is 0.776. The first-order valence-corrected chi connectivity index (χ1v) is 10.2. The number of rotatable bonds is 6. The highest BCUT2D eigenvalue weighted by molar-refractivity contribution is 8.13. The van der Waals surface area contributed by atoms with Crippen molar-refractivity contribution < 1.29 is 17.4 Å². The Morgan fingerprint density at radius 1 is 1.38 bits per heavy atom. The standard InChI is InChI=1S/C12H15Cl2NO4S2/c1-3-20(17)5-4-15-12(16)9-6-10(13)8(2)11(7-9)21(14,18)19/h6-7H,3-5H2,1-2H3,(H,15,16). The van der Waals surface area contributed by atoms with Gasteiger partial charge >= 0.3 is 0 Å². The van der Waals surface area contributed by atoms with Crippen molar-refractivity contribution in [3.05, 3.63) is 28.3 Å². The molecule has 0 saturated carbocycles. The molecule has 0 aliphatic heterocycles. The Morgan fingerprint density at radius 2 is 2.00 bits per heavy atom. The van der Waals surface area contributed by atoms with E-state index >= 15 is 0 Å². The number of benzene rings is 1. The van der Waals surface area contributed by atoms with Crippen LogP contribution >= 0.6 is 22.3 Å². The van der Waals surface area contributed by atoms with Crippen molar-refractivity contribution >= 4 is 48.0 Å². The second-order valence-corrected chi connectivity index (χ2v) is 9.01. The molecule has 0 aliphatic carbocycles. The fourth-order valence-corrected chi connectivity index (χ4v) is 3.68. The third kappa shape index (κ3) is 5.25. The zero-order valence-electron chi connectivity index (χ0n) is 11.5. The molecule has 1 aromatic carbocycles. The van der Waals surface area contributed by atoms with E-state index in [0.717, 1.165) is 0 Å². The molecule has 1 N–H and O–H groups in total. The first-order valence-electron chi connectivity index (χ1n) is 6.04. The first-order chi connectivity index (χ1) is 9.66. The van der Waals surface area contributed by atoms with Gasteiger partial charge in [0.2, 0.25) is 0 Å². The SMILES string of the molecule is CCS(=O)CCNC(=O)c1cc(Cl)c(C)c(S(=O)(=O)Cl)c1. The zero-order chi connectivity index (χ0) is 16.2.